The highest BCUT2D eigenvalue weighted by Gasteiger charge is 2.43. The summed E-state index contributed by atoms with van der Waals surface area (Å²) in [4.78, 5) is 33.5. The summed E-state index contributed by atoms with van der Waals surface area (Å²) in [5, 5.41) is 0. The van der Waals surface area contributed by atoms with E-state index in [2.05, 4.69) is 43.1 Å². The zero-order valence-electron chi connectivity index (χ0n) is 18.6. The number of piperidine rings is 1. The monoisotopic (exact) mass is 407 g/mol. The SMILES string of the molecule is CC(C)CC(=O)N1CCC(Cc2ccc(-c3cccnc3)cc2)(C(=O)N(C)C)CC1. The molecule has 1 aromatic carbocycles. The van der Waals surface area contributed by atoms with E-state index < -0.39 is 5.41 Å². The molecule has 0 bridgehead atoms. The van der Waals surface area contributed by atoms with Gasteiger partial charge in [0.1, 0.15) is 0 Å². The van der Waals surface area contributed by atoms with Crippen molar-refractivity contribution in [3.05, 3.63) is 54.4 Å². The molecule has 0 radical (unpaired) electrons. The second kappa shape index (κ2) is 9.41. The topological polar surface area (TPSA) is 53.5 Å². The van der Waals surface area contributed by atoms with Gasteiger partial charge in [-0.15, -0.1) is 0 Å². The first-order chi connectivity index (χ1) is 14.3. The average Bonchev–Trinajstić information content (AvgIpc) is 2.74. The molecule has 1 saturated heterocycles. The lowest BCUT2D eigenvalue weighted by Crippen LogP contribution is -2.51. The summed E-state index contributed by atoms with van der Waals surface area (Å²) in [5.41, 5.74) is 2.90. The summed E-state index contributed by atoms with van der Waals surface area (Å²) in [6.07, 6.45) is 6.31. The Labute approximate surface area is 180 Å². The number of hydrogen-bond donors (Lipinski definition) is 0. The number of pyridine rings is 1. The van der Waals surface area contributed by atoms with Crippen LogP contribution in [0.5, 0.6) is 0 Å². The number of nitrogens with zero attached hydrogens (tertiary/aromatic N) is 3. The first-order valence-electron chi connectivity index (χ1n) is 10.8. The van der Waals surface area contributed by atoms with Gasteiger partial charge in [0, 0.05) is 46.0 Å². The number of amides is 2. The van der Waals surface area contributed by atoms with Gasteiger partial charge in [0.2, 0.25) is 11.8 Å². The van der Waals surface area contributed by atoms with E-state index in [1.54, 1.807) is 11.1 Å². The Morgan fingerprint density at radius 1 is 1.07 bits per heavy atom. The molecule has 3 rings (SSSR count). The fraction of sp³-hybridized carbons (Fsp3) is 0.480. The van der Waals surface area contributed by atoms with Gasteiger partial charge in [-0.05, 0) is 47.9 Å². The number of rotatable bonds is 6. The van der Waals surface area contributed by atoms with Crippen molar-refractivity contribution in [2.24, 2.45) is 11.3 Å². The average molecular weight is 408 g/mol. The molecule has 160 valence electrons. The van der Waals surface area contributed by atoms with Gasteiger partial charge in [-0.25, -0.2) is 0 Å². The molecule has 0 N–H and O–H groups in total. The molecule has 0 atom stereocenters. The van der Waals surface area contributed by atoms with Gasteiger partial charge >= 0.3 is 0 Å². The molecule has 1 aromatic heterocycles. The van der Waals surface area contributed by atoms with Crippen LogP contribution in [0.2, 0.25) is 0 Å². The Hall–Kier alpha value is -2.69. The Kier molecular flexibility index (Phi) is 6.91. The van der Waals surface area contributed by atoms with Crippen LogP contribution >= 0.6 is 0 Å². The molecule has 2 heterocycles. The predicted octanol–water partition coefficient (Wildman–Crippen LogP) is 4.03. The maximum absolute atomic E-state index is 13.2. The van der Waals surface area contributed by atoms with Gasteiger partial charge in [-0.1, -0.05) is 44.2 Å². The van der Waals surface area contributed by atoms with Crippen LogP contribution in [0.3, 0.4) is 0 Å². The van der Waals surface area contributed by atoms with Crippen molar-refractivity contribution in [3.63, 3.8) is 0 Å². The van der Waals surface area contributed by atoms with Gasteiger partial charge in [0.05, 0.1) is 5.41 Å². The maximum atomic E-state index is 13.2. The molecule has 0 saturated carbocycles. The minimum atomic E-state index is -0.450. The van der Waals surface area contributed by atoms with E-state index in [0.717, 1.165) is 16.7 Å². The predicted molar refractivity (Wildman–Crippen MR) is 120 cm³/mol. The Bertz CT molecular complexity index is 852. The van der Waals surface area contributed by atoms with Crippen LogP contribution in [0.25, 0.3) is 11.1 Å². The highest BCUT2D eigenvalue weighted by molar-refractivity contribution is 5.83. The van der Waals surface area contributed by atoms with E-state index >= 15 is 0 Å². The number of hydrogen-bond acceptors (Lipinski definition) is 3. The van der Waals surface area contributed by atoms with Crippen molar-refractivity contribution in [3.8, 4) is 11.1 Å². The standard InChI is InChI=1S/C25H33N3O2/c1-19(2)16-23(29)28-14-11-25(12-15-28,24(30)27(3)4)17-20-7-9-21(10-8-20)22-6-5-13-26-18-22/h5-10,13,18-19H,11-12,14-17H2,1-4H3. The van der Waals surface area contributed by atoms with Crippen LogP contribution in [0.1, 0.15) is 38.7 Å². The first-order valence-corrected chi connectivity index (χ1v) is 10.8. The van der Waals surface area contributed by atoms with Crippen molar-refractivity contribution < 1.29 is 9.59 Å². The number of carbonyl (C=O) groups is 2. The fourth-order valence-electron chi connectivity index (χ4n) is 4.34. The fourth-order valence-corrected chi connectivity index (χ4v) is 4.34. The van der Waals surface area contributed by atoms with Gasteiger partial charge in [-0.2, -0.15) is 0 Å². The summed E-state index contributed by atoms with van der Waals surface area (Å²) < 4.78 is 0. The minimum Gasteiger partial charge on any atom is -0.348 e. The van der Waals surface area contributed by atoms with Crippen molar-refractivity contribution in [2.75, 3.05) is 27.2 Å². The number of likely N-dealkylation sites (tertiary alicyclic amines) is 1. The highest BCUT2D eigenvalue weighted by Crippen LogP contribution is 2.37. The largest absolute Gasteiger partial charge is 0.348 e. The Morgan fingerprint density at radius 3 is 2.27 bits per heavy atom. The van der Waals surface area contributed by atoms with Crippen LogP contribution in [0.15, 0.2) is 48.8 Å². The molecule has 0 aliphatic carbocycles. The maximum Gasteiger partial charge on any atom is 0.228 e. The summed E-state index contributed by atoms with van der Waals surface area (Å²) in [6.45, 7) is 5.44. The molecule has 0 unspecified atom stereocenters. The van der Waals surface area contributed by atoms with Gasteiger partial charge in [-0.3, -0.25) is 14.6 Å². The summed E-state index contributed by atoms with van der Waals surface area (Å²) >= 11 is 0. The quantitative estimate of drug-likeness (QED) is 0.726. The molecule has 1 fully saturated rings. The van der Waals surface area contributed by atoms with Gasteiger partial charge in [0.15, 0.2) is 0 Å². The highest BCUT2D eigenvalue weighted by atomic mass is 16.2. The van der Waals surface area contributed by atoms with E-state index in [1.165, 1.54) is 0 Å². The Morgan fingerprint density at radius 2 is 1.73 bits per heavy atom. The van der Waals surface area contributed by atoms with Gasteiger partial charge in [0.25, 0.3) is 0 Å². The summed E-state index contributed by atoms with van der Waals surface area (Å²) in [5.74, 6) is 0.720. The van der Waals surface area contributed by atoms with Crippen LogP contribution in [-0.2, 0) is 16.0 Å². The van der Waals surface area contributed by atoms with Crippen molar-refractivity contribution >= 4 is 11.8 Å². The van der Waals surface area contributed by atoms with Crippen molar-refractivity contribution in [1.29, 1.82) is 0 Å². The lowest BCUT2D eigenvalue weighted by Gasteiger charge is -2.42. The van der Waals surface area contributed by atoms with Crippen LogP contribution < -0.4 is 0 Å². The second-order valence-corrected chi connectivity index (χ2v) is 9.07. The molecule has 1 aliphatic heterocycles. The molecule has 5 heteroatoms. The first kappa shape index (κ1) is 22.0. The molecule has 5 nitrogen and oxygen atoms in total. The number of benzene rings is 1. The second-order valence-electron chi connectivity index (χ2n) is 9.07. The normalized spacial score (nSPS) is 15.8. The summed E-state index contributed by atoms with van der Waals surface area (Å²) in [6, 6.07) is 12.4. The van der Waals surface area contributed by atoms with E-state index in [0.29, 0.717) is 44.7 Å². The molecule has 1 aliphatic rings. The van der Waals surface area contributed by atoms with E-state index in [4.69, 9.17) is 0 Å². The zero-order chi connectivity index (χ0) is 21.7. The molecule has 0 spiro atoms. The molecular weight excluding hydrogens is 374 g/mol. The smallest absolute Gasteiger partial charge is 0.228 e. The number of carbonyl (C=O) groups excluding carboxylic acids is 2. The lowest BCUT2D eigenvalue weighted by molar-refractivity contribution is -0.146. The van der Waals surface area contributed by atoms with E-state index in [1.807, 2.05) is 37.3 Å². The van der Waals surface area contributed by atoms with Crippen molar-refractivity contribution in [2.45, 2.75) is 39.5 Å². The van der Waals surface area contributed by atoms with Crippen LogP contribution in [-0.4, -0.2) is 53.8 Å². The van der Waals surface area contributed by atoms with Crippen LogP contribution in [0, 0.1) is 11.3 Å². The van der Waals surface area contributed by atoms with E-state index in [9.17, 15) is 9.59 Å². The van der Waals surface area contributed by atoms with Crippen molar-refractivity contribution in [1.82, 2.24) is 14.8 Å². The lowest BCUT2D eigenvalue weighted by atomic mass is 9.72. The third kappa shape index (κ3) is 5.07. The summed E-state index contributed by atoms with van der Waals surface area (Å²) in [7, 11) is 3.65. The Balaban J connectivity index is 1.75. The molecular formula is C25H33N3O2. The van der Waals surface area contributed by atoms with Crippen LogP contribution in [0.4, 0.5) is 0 Å². The third-order valence-corrected chi connectivity index (χ3v) is 6.01. The van der Waals surface area contributed by atoms with Gasteiger partial charge < -0.3 is 9.80 Å². The molecule has 2 aromatic rings. The van der Waals surface area contributed by atoms with E-state index in [-0.39, 0.29) is 11.8 Å². The third-order valence-electron chi connectivity index (χ3n) is 6.01. The molecule has 30 heavy (non-hydrogen) atoms. The minimum absolute atomic E-state index is 0.162. The zero-order valence-corrected chi connectivity index (χ0v) is 18.6. The number of aromatic nitrogens is 1. The molecule has 2 amide bonds.